The van der Waals surface area contributed by atoms with E-state index in [1.165, 1.54) is 0 Å². The Morgan fingerprint density at radius 3 is 2.50 bits per heavy atom. The maximum atomic E-state index is 11.0. The van der Waals surface area contributed by atoms with Crippen LogP contribution in [-0.2, 0) is 4.79 Å². The molecule has 0 atom stereocenters. The minimum atomic E-state index is -0.456. The van der Waals surface area contributed by atoms with Crippen LogP contribution >= 0.6 is 15.9 Å². The second-order valence-corrected chi connectivity index (χ2v) is 4.56. The molecular weight excluding hydrogens is 194 g/mol. The van der Waals surface area contributed by atoms with Gasteiger partial charge >= 0.3 is 0 Å². The van der Waals surface area contributed by atoms with Crippen LogP contribution in [0.2, 0.25) is 0 Å². The van der Waals surface area contributed by atoms with Gasteiger partial charge in [0.05, 0.1) is 4.32 Å². The van der Waals surface area contributed by atoms with Crippen LogP contribution in [0.3, 0.4) is 0 Å². The van der Waals surface area contributed by atoms with E-state index in [4.69, 9.17) is 0 Å². The molecular formula is C7H13BrNO. The van der Waals surface area contributed by atoms with Crippen LogP contribution < -0.4 is 5.32 Å². The van der Waals surface area contributed by atoms with Gasteiger partial charge in [0.15, 0.2) is 0 Å². The average molecular weight is 207 g/mol. The second-order valence-electron chi connectivity index (χ2n) is 2.58. The molecule has 0 aliphatic carbocycles. The maximum Gasteiger partial charge on any atom is 0.236 e. The topological polar surface area (TPSA) is 29.1 Å². The Hall–Kier alpha value is -0.0500. The van der Waals surface area contributed by atoms with Gasteiger partial charge < -0.3 is 5.32 Å². The summed E-state index contributed by atoms with van der Waals surface area (Å²) in [5.41, 5.74) is 0. The van der Waals surface area contributed by atoms with Gasteiger partial charge in [-0.15, -0.1) is 0 Å². The van der Waals surface area contributed by atoms with Gasteiger partial charge in [0, 0.05) is 6.54 Å². The molecule has 0 aliphatic heterocycles. The summed E-state index contributed by atoms with van der Waals surface area (Å²) in [5, 5.41) is 2.72. The Kier molecular flexibility index (Phi) is 3.94. The Bertz CT molecular complexity index is 117. The number of halogens is 1. The first-order valence-electron chi connectivity index (χ1n) is 3.25. The molecule has 0 bridgehead atoms. The Labute approximate surface area is 70.5 Å². The van der Waals surface area contributed by atoms with Crippen LogP contribution in [0.5, 0.6) is 0 Å². The molecule has 0 rings (SSSR count). The number of nitrogens with one attached hydrogen (secondary N) is 1. The van der Waals surface area contributed by atoms with E-state index >= 15 is 0 Å². The monoisotopic (exact) mass is 206 g/mol. The molecule has 0 heterocycles. The van der Waals surface area contributed by atoms with Crippen molar-refractivity contribution in [2.45, 2.75) is 24.6 Å². The van der Waals surface area contributed by atoms with Gasteiger partial charge in [-0.3, -0.25) is 4.79 Å². The van der Waals surface area contributed by atoms with Gasteiger partial charge in [-0.2, -0.15) is 0 Å². The fourth-order valence-electron chi connectivity index (χ4n) is 0.412. The second kappa shape index (κ2) is 3.96. The number of alkyl halides is 1. The molecule has 0 aromatic carbocycles. The van der Waals surface area contributed by atoms with Gasteiger partial charge in [-0.25, -0.2) is 0 Å². The molecule has 0 aromatic rings. The third-order valence-electron chi connectivity index (χ3n) is 1.00. The average Bonchev–Trinajstić information content (AvgIpc) is 1.80. The third-order valence-corrected chi connectivity index (χ3v) is 1.36. The number of amides is 1. The van der Waals surface area contributed by atoms with Crippen LogP contribution in [0.1, 0.15) is 20.3 Å². The van der Waals surface area contributed by atoms with Crippen LogP contribution in [-0.4, -0.2) is 16.8 Å². The lowest BCUT2D eigenvalue weighted by atomic mass is 10.2. The highest BCUT2D eigenvalue weighted by Crippen LogP contribution is 2.14. The molecule has 59 valence electrons. The number of carbonyl (C=O) groups excluding carboxylic acids is 1. The summed E-state index contributed by atoms with van der Waals surface area (Å²) < 4.78 is -0.456. The van der Waals surface area contributed by atoms with Gasteiger partial charge in [-0.1, -0.05) is 22.9 Å². The molecule has 0 aliphatic rings. The largest absolute Gasteiger partial charge is 0.355 e. The minimum Gasteiger partial charge on any atom is -0.355 e. The summed E-state index contributed by atoms with van der Waals surface area (Å²) in [6.45, 7) is 7.88. The van der Waals surface area contributed by atoms with E-state index in [0.717, 1.165) is 6.42 Å². The molecule has 3 heteroatoms. The highest BCUT2D eigenvalue weighted by molar-refractivity contribution is 9.10. The summed E-state index contributed by atoms with van der Waals surface area (Å²) in [6.07, 6.45) is 0.731. The van der Waals surface area contributed by atoms with E-state index < -0.39 is 4.32 Å². The zero-order valence-electron chi connectivity index (χ0n) is 6.41. The number of hydrogen-bond donors (Lipinski definition) is 1. The van der Waals surface area contributed by atoms with Crippen molar-refractivity contribution in [3.63, 3.8) is 0 Å². The van der Waals surface area contributed by atoms with Crippen molar-refractivity contribution in [1.29, 1.82) is 0 Å². The lowest BCUT2D eigenvalue weighted by molar-refractivity contribution is -0.122. The van der Waals surface area contributed by atoms with Gasteiger partial charge in [0.2, 0.25) is 5.91 Å². The zero-order valence-corrected chi connectivity index (χ0v) is 7.99. The van der Waals surface area contributed by atoms with Gasteiger partial charge in [0.1, 0.15) is 0 Å². The van der Waals surface area contributed by atoms with E-state index in [9.17, 15) is 4.79 Å². The molecule has 1 amide bonds. The van der Waals surface area contributed by atoms with Gasteiger partial charge in [0.25, 0.3) is 0 Å². The quantitative estimate of drug-likeness (QED) is 0.698. The first kappa shape index (κ1) is 9.95. The van der Waals surface area contributed by atoms with Crippen LogP contribution in [0.15, 0.2) is 0 Å². The molecule has 2 nitrogen and oxygen atoms in total. The predicted molar refractivity (Wildman–Crippen MR) is 46.0 cm³/mol. The first-order valence-corrected chi connectivity index (χ1v) is 4.04. The minimum absolute atomic E-state index is 0.0103. The molecule has 0 fully saturated rings. The third kappa shape index (κ3) is 3.88. The number of carbonyl (C=O) groups is 1. The summed E-state index contributed by atoms with van der Waals surface area (Å²) in [5.74, 6) is 0.0103. The van der Waals surface area contributed by atoms with Crippen molar-refractivity contribution in [1.82, 2.24) is 5.32 Å². The Balaban J connectivity index is 3.64. The van der Waals surface area contributed by atoms with E-state index in [-0.39, 0.29) is 5.91 Å². The highest BCUT2D eigenvalue weighted by Gasteiger charge is 2.22. The summed E-state index contributed by atoms with van der Waals surface area (Å²) in [7, 11) is 0. The van der Waals surface area contributed by atoms with Crippen molar-refractivity contribution >= 4 is 21.8 Å². The van der Waals surface area contributed by atoms with Crippen molar-refractivity contribution in [3.8, 4) is 0 Å². The molecule has 0 saturated carbocycles. The SMILES string of the molecule is [CH2]CCNC(=O)C(C)(C)Br. The highest BCUT2D eigenvalue weighted by atomic mass is 79.9. The molecule has 10 heavy (non-hydrogen) atoms. The van der Waals surface area contributed by atoms with E-state index in [1.807, 2.05) is 13.8 Å². The Morgan fingerprint density at radius 2 is 2.20 bits per heavy atom. The van der Waals surface area contributed by atoms with Crippen molar-refractivity contribution in [2.75, 3.05) is 6.54 Å². The van der Waals surface area contributed by atoms with Crippen molar-refractivity contribution < 1.29 is 4.79 Å². The van der Waals surface area contributed by atoms with E-state index in [1.54, 1.807) is 0 Å². The van der Waals surface area contributed by atoms with Crippen molar-refractivity contribution in [2.24, 2.45) is 0 Å². The summed E-state index contributed by atoms with van der Waals surface area (Å²) in [4.78, 5) is 11.0. The van der Waals surface area contributed by atoms with Crippen molar-refractivity contribution in [3.05, 3.63) is 6.92 Å². The molecule has 0 saturated heterocycles. The summed E-state index contributed by atoms with van der Waals surface area (Å²) in [6, 6.07) is 0. The molecule has 0 aromatic heterocycles. The fourth-order valence-corrected chi connectivity index (χ4v) is 0.552. The van der Waals surface area contributed by atoms with E-state index in [2.05, 4.69) is 28.2 Å². The zero-order chi connectivity index (χ0) is 8.20. The number of hydrogen-bond acceptors (Lipinski definition) is 1. The summed E-state index contributed by atoms with van der Waals surface area (Å²) >= 11 is 3.24. The lowest BCUT2D eigenvalue weighted by Crippen LogP contribution is -2.37. The normalized spacial score (nSPS) is 11.2. The first-order chi connectivity index (χ1) is 4.48. The number of rotatable bonds is 3. The molecule has 0 spiro atoms. The van der Waals surface area contributed by atoms with E-state index in [0.29, 0.717) is 6.54 Å². The Morgan fingerprint density at radius 1 is 1.70 bits per heavy atom. The molecule has 0 unspecified atom stereocenters. The van der Waals surface area contributed by atoms with Crippen LogP contribution in [0.25, 0.3) is 0 Å². The molecule has 1 radical (unpaired) electrons. The predicted octanol–water partition coefficient (Wildman–Crippen LogP) is 1.50. The van der Waals surface area contributed by atoms with Gasteiger partial charge in [-0.05, 0) is 20.3 Å². The standard InChI is InChI=1S/C7H13BrNO/c1-4-5-9-6(10)7(2,3)8/h1,4-5H2,2-3H3,(H,9,10). The maximum absolute atomic E-state index is 11.0. The smallest absolute Gasteiger partial charge is 0.236 e. The fraction of sp³-hybridized carbons (Fsp3) is 0.714. The van der Waals surface area contributed by atoms with Crippen LogP contribution in [0, 0.1) is 6.92 Å². The molecule has 1 N–H and O–H groups in total. The van der Waals surface area contributed by atoms with Crippen LogP contribution in [0.4, 0.5) is 0 Å². The lowest BCUT2D eigenvalue weighted by Gasteiger charge is -2.14.